The molecular weight excluding hydrogens is 231 g/mol. The predicted molar refractivity (Wildman–Crippen MR) is 70.4 cm³/mol. The van der Waals surface area contributed by atoms with E-state index in [0.717, 1.165) is 18.4 Å². The van der Waals surface area contributed by atoms with Crippen molar-refractivity contribution in [3.8, 4) is 0 Å². The second-order valence-electron chi connectivity index (χ2n) is 4.63. The van der Waals surface area contributed by atoms with E-state index in [4.69, 9.17) is 5.73 Å². The van der Waals surface area contributed by atoms with Crippen LogP contribution in [-0.4, -0.2) is 23.9 Å². The zero-order valence-electron chi connectivity index (χ0n) is 11.0. The first-order chi connectivity index (χ1) is 8.52. The Morgan fingerprint density at radius 3 is 2.56 bits per heavy atom. The number of nitrogens with zero attached hydrogens (tertiary/aromatic N) is 1. The van der Waals surface area contributed by atoms with Crippen molar-refractivity contribution in [3.05, 3.63) is 35.6 Å². The average Bonchev–Trinajstić information content (AvgIpc) is 2.32. The van der Waals surface area contributed by atoms with Crippen LogP contribution in [0.4, 0.5) is 4.39 Å². The van der Waals surface area contributed by atoms with E-state index in [1.807, 2.05) is 6.92 Å². The molecule has 1 atom stereocenters. The van der Waals surface area contributed by atoms with Gasteiger partial charge in [0.1, 0.15) is 5.82 Å². The highest BCUT2D eigenvalue weighted by Gasteiger charge is 2.13. The van der Waals surface area contributed by atoms with Crippen LogP contribution in [-0.2, 0) is 11.3 Å². The van der Waals surface area contributed by atoms with Crippen molar-refractivity contribution in [2.24, 2.45) is 5.73 Å². The van der Waals surface area contributed by atoms with E-state index in [9.17, 15) is 9.18 Å². The van der Waals surface area contributed by atoms with Gasteiger partial charge < -0.3 is 10.6 Å². The standard InChI is InChI=1S/C14H21FN2O/c1-3-4-13(16)9-14(18)17(2)10-11-5-7-12(15)8-6-11/h5-8,13H,3-4,9-10,16H2,1-2H3. The fraction of sp³-hybridized carbons (Fsp3) is 0.500. The summed E-state index contributed by atoms with van der Waals surface area (Å²) in [5.41, 5.74) is 6.75. The number of hydrogen-bond acceptors (Lipinski definition) is 2. The Hall–Kier alpha value is -1.42. The van der Waals surface area contributed by atoms with E-state index in [1.54, 1.807) is 24.1 Å². The molecule has 0 fully saturated rings. The minimum atomic E-state index is -0.266. The minimum Gasteiger partial charge on any atom is -0.341 e. The highest BCUT2D eigenvalue weighted by Crippen LogP contribution is 2.08. The van der Waals surface area contributed by atoms with E-state index in [2.05, 4.69) is 0 Å². The molecule has 4 heteroatoms. The molecule has 0 radical (unpaired) electrons. The SMILES string of the molecule is CCCC(N)CC(=O)N(C)Cc1ccc(F)cc1. The topological polar surface area (TPSA) is 46.3 Å². The van der Waals surface area contributed by atoms with Crippen LogP contribution in [0.15, 0.2) is 24.3 Å². The molecule has 1 amide bonds. The molecule has 0 aliphatic rings. The third-order valence-electron chi connectivity index (χ3n) is 2.86. The van der Waals surface area contributed by atoms with E-state index in [1.165, 1.54) is 12.1 Å². The largest absolute Gasteiger partial charge is 0.341 e. The summed E-state index contributed by atoms with van der Waals surface area (Å²) in [6, 6.07) is 6.10. The maximum Gasteiger partial charge on any atom is 0.224 e. The second kappa shape index (κ2) is 7.11. The van der Waals surface area contributed by atoms with Gasteiger partial charge in [-0.3, -0.25) is 4.79 Å². The molecule has 0 bridgehead atoms. The molecule has 0 aliphatic heterocycles. The molecule has 0 aliphatic carbocycles. The number of carbonyl (C=O) groups is 1. The zero-order chi connectivity index (χ0) is 13.5. The highest BCUT2D eigenvalue weighted by atomic mass is 19.1. The van der Waals surface area contributed by atoms with Crippen molar-refractivity contribution < 1.29 is 9.18 Å². The Balaban J connectivity index is 2.46. The molecule has 100 valence electrons. The molecule has 0 heterocycles. The van der Waals surface area contributed by atoms with Gasteiger partial charge in [-0.25, -0.2) is 4.39 Å². The van der Waals surface area contributed by atoms with E-state index in [0.29, 0.717) is 13.0 Å². The van der Waals surface area contributed by atoms with Crippen molar-refractivity contribution in [1.82, 2.24) is 4.90 Å². The summed E-state index contributed by atoms with van der Waals surface area (Å²) in [5, 5.41) is 0. The van der Waals surface area contributed by atoms with Gasteiger partial charge in [0, 0.05) is 26.1 Å². The van der Waals surface area contributed by atoms with Gasteiger partial charge in [0.2, 0.25) is 5.91 Å². The number of hydrogen-bond donors (Lipinski definition) is 1. The van der Waals surface area contributed by atoms with Crippen molar-refractivity contribution in [2.45, 2.75) is 38.8 Å². The van der Waals surface area contributed by atoms with Crippen LogP contribution in [0.25, 0.3) is 0 Å². The summed E-state index contributed by atoms with van der Waals surface area (Å²) in [6.45, 7) is 2.53. The smallest absolute Gasteiger partial charge is 0.224 e. The number of rotatable bonds is 6. The summed E-state index contributed by atoms with van der Waals surface area (Å²) in [5.74, 6) is -0.238. The second-order valence-corrected chi connectivity index (χ2v) is 4.63. The normalized spacial score (nSPS) is 12.2. The molecule has 1 aromatic carbocycles. The summed E-state index contributed by atoms with van der Waals surface area (Å²) < 4.78 is 12.7. The van der Waals surface area contributed by atoms with Crippen LogP contribution >= 0.6 is 0 Å². The predicted octanol–water partition coefficient (Wildman–Crippen LogP) is 2.30. The zero-order valence-corrected chi connectivity index (χ0v) is 11.0. The Kier molecular flexibility index (Phi) is 5.78. The molecule has 2 N–H and O–H groups in total. The lowest BCUT2D eigenvalue weighted by molar-refractivity contribution is -0.130. The van der Waals surface area contributed by atoms with Crippen LogP contribution < -0.4 is 5.73 Å². The number of amides is 1. The van der Waals surface area contributed by atoms with Crippen molar-refractivity contribution in [2.75, 3.05) is 7.05 Å². The number of benzene rings is 1. The van der Waals surface area contributed by atoms with Crippen molar-refractivity contribution in [1.29, 1.82) is 0 Å². The van der Waals surface area contributed by atoms with Gasteiger partial charge in [0.15, 0.2) is 0 Å². The van der Waals surface area contributed by atoms with Gasteiger partial charge in [-0.1, -0.05) is 25.5 Å². The lowest BCUT2D eigenvalue weighted by Crippen LogP contribution is -2.32. The number of carbonyl (C=O) groups excluding carboxylic acids is 1. The maximum atomic E-state index is 12.7. The van der Waals surface area contributed by atoms with Gasteiger partial charge in [0.25, 0.3) is 0 Å². The Morgan fingerprint density at radius 1 is 1.39 bits per heavy atom. The summed E-state index contributed by atoms with van der Waals surface area (Å²) in [6.07, 6.45) is 2.21. The van der Waals surface area contributed by atoms with Gasteiger partial charge in [-0.2, -0.15) is 0 Å². The van der Waals surface area contributed by atoms with Crippen LogP contribution in [0.3, 0.4) is 0 Å². The molecule has 1 unspecified atom stereocenters. The first kappa shape index (κ1) is 14.6. The number of nitrogens with two attached hydrogens (primary N) is 1. The molecule has 18 heavy (non-hydrogen) atoms. The van der Waals surface area contributed by atoms with E-state index in [-0.39, 0.29) is 17.8 Å². The minimum absolute atomic E-state index is 0.0280. The molecule has 1 rings (SSSR count). The Morgan fingerprint density at radius 2 is 2.00 bits per heavy atom. The summed E-state index contributed by atoms with van der Waals surface area (Å²) in [7, 11) is 1.74. The first-order valence-electron chi connectivity index (χ1n) is 6.27. The Labute approximate surface area is 108 Å². The molecule has 0 saturated carbocycles. The first-order valence-corrected chi connectivity index (χ1v) is 6.27. The molecular formula is C14H21FN2O. The highest BCUT2D eigenvalue weighted by molar-refractivity contribution is 5.76. The summed E-state index contributed by atoms with van der Waals surface area (Å²) in [4.78, 5) is 13.5. The van der Waals surface area contributed by atoms with Crippen LogP contribution in [0, 0.1) is 5.82 Å². The van der Waals surface area contributed by atoms with E-state index >= 15 is 0 Å². The number of halogens is 1. The lowest BCUT2D eigenvalue weighted by atomic mass is 10.1. The van der Waals surface area contributed by atoms with Crippen molar-refractivity contribution >= 4 is 5.91 Å². The molecule has 0 aromatic heterocycles. The third kappa shape index (κ3) is 4.84. The molecule has 3 nitrogen and oxygen atoms in total. The van der Waals surface area contributed by atoms with Gasteiger partial charge in [-0.05, 0) is 24.1 Å². The van der Waals surface area contributed by atoms with Gasteiger partial charge >= 0.3 is 0 Å². The maximum absolute atomic E-state index is 12.7. The van der Waals surface area contributed by atoms with Crippen LogP contribution in [0.2, 0.25) is 0 Å². The lowest BCUT2D eigenvalue weighted by Gasteiger charge is -2.19. The fourth-order valence-corrected chi connectivity index (χ4v) is 1.80. The fourth-order valence-electron chi connectivity index (χ4n) is 1.80. The molecule has 1 aromatic rings. The average molecular weight is 252 g/mol. The van der Waals surface area contributed by atoms with Crippen LogP contribution in [0.5, 0.6) is 0 Å². The Bertz CT molecular complexity index is 378. The molecule has 0 spiro atoms. The summed E-state index contributed by atoms with van der Waals surface area (Å²) >= 11 is 0. The van der Waals surface area contributed by atoms with Crippen LogP contribution in [0.1, 0.15) is 31.7 Å². The quantitative estimate of drug-likeness (QED) is 0.844. The van der Waals surface area contributed by atoms with Gasteiger partial charge in [0.05, 0.1) is 0 Å². The molecule has 0 saturated heterocycles. The van der Waals surface area contributed by atoms with Gasteiger partial charge in [-0.15, -0.1) is 0 Å². The third-order valence-corrected chi connectivity index (χ3v) is 2.86. The van der Waals surface area contributed by atoms with Crippen molar-refractivity contribution in [3.63, 3.8) is 0 Å². The monoisotopic (exact) mass is 252 g/mol. The van der Waals surface area contributed by atoms with E-state index < -0.39 is 0 Å².